The number of carboxylic acid groups (broad SMARTS) is 1. The molecule has 0 heterocycles. The number of phenols is 1. The van der Waals surface area contributed by atoms with Gasteiger partial charge in [-0.3, -0.25) is 4.72 Å². The van der Waals surface area contributed by atoms with Crippen molar-refractivity contribution in [3.63, 3.8) is 0 Å². The molecule has 0 radical (unpaired) electrons. The number of para-hydroxylation sites is 1. The molecule has 254 valence electrons. The number of ether oxygens (including phenoxy) is 2. The maximum Gasteiger partial charge on any atom is 0.573 e. The topological polar surface area (TPSA) is 154 Å². The zero-order chi connectivity index (χ0) is 34.9. The molecule has 0 bridgehead atoms. The first-order valence-corrected chi connectivity index (χ1v) is 14.4. The van der Waals surface area contributed by atoms with E-state index in [-0.39, 0.29) is 41.3 Å². The lowest BCUT2D eigenvalue weighted by Crippen LogP contribution is -2.28. The molecule has 3 aromatic rings. The molecule has 19 heteroatoms. The molecule has 0 aliphatic heterocycles. The number of aliphatic hydroxyl groups is 1. The van der Waals surface area contributed by atoms with E-state index in [1.165, 1.54) is 60.7 Å². The van der Waals surface area contributed by atoms with Crippen molar-refractivity contribution in [1.82, 2.24) is 5.32 Å². The van der Waals surface area contributed by atoms with E-state index in [1.54, 1.807) is 0 Å². The highest BCUT2D eigenvalue weighted by molar-refractivity contribution is 7.92. The number of hydrogen-bond donors (Lipinski definition) is 5. The van der Waals surface area contributed by atoms with Crippen molar-refractivity contribution in [2.24, 2.45) is 0 Å². The van der Waals surface area contributed by atoms with Gasteiger partial charge in [0.05, 0.1) is 18.0 Å². The Morgan fingerprint density at radius 3 is 2.02 bits per heavy atom. The monoisotopic (exact) mass is 690 g/mol. The van der Waals surface area contributed by atoms with Gasteiger partial charge in [-0.25, -0.2) is 13.2 Å². The molecule has 3 aromatic carbocycles. The molecule has 0 aromatic heterocycles. The predicted molar refractivity (Wildman–Crippen MR) is 146 cm³/mol. The number of rotatable bonds is 12. The number of carboxylic acids is 1. The van der Waals surface area contributed by atoms with Crippen LogP contribution in [-0.4, -0.2) is 61.7 Å². The quantitative estimate of drug-likeness (QED) is 0.122. The molecule has 46 heavy (non-hydrogen) atoms. The number of benzene rings is 3. The summed E-state index contributed by atoms with van der Waals surface area (Å²) in [6, 6.07) is 14.0. The Morgan fingerprint density at radius 2 is 1.50 bits per heavy atom. The van der Waals surface area contributed by atoms with Gasteiger partial charge in [-0.15, -0.1) is 13.2 Å². The highest BCUT2D eigenvalue weighted by Gasteiger charge is 2.38. The number of nitrogens with one attached hydrogen (secondary N) is 2. The molecular formula is C27H26F8N2O8S. The van der Waals surface area contributed by atoms with Crippen LogP contribution in [-0.2, 0) is 21.2 Å². The van der Waals surface area contributed by atoms with E-state index in [1.807, 2.05) is 0 Å². The minimum atomic E-state index is -5.08. The smallest absolute Gasteiger partial charge is 0.506 e. The summed E-state index contributed by atoms with van der Waals surface area (Å²) in [6.45, 7) is -3.20. The van der Waals surface area contributed by atoms with Gasteiger partial charge < -0.3 is 30.1 Å². The lowest BCUT2D eigenvalue weighted by molar-refractivity contribution is -0.274. The summed E-state index contributed by atoms with van der Waals surface area (Å²) in [7, 11) is -3.72. The Kier molecular flexibility index (Phi) is 13.0. The fourth-order valence-corrected chi connectivity index (χ4v) is 4.28. The summed E-state index contributed by atoms with van der Waals surface area (Å²) >= 11 is 0. The number of alkyl halides is 8. The number of aliphatic carboxylic acids is 1. The maximum atomic E-state index is 12.9. The average molecular weight is 691 g/mol. The molecule has 0 saturated carbocycles. The summed E-state index contributed by atoms with van der Waals surface area (Å²) in [5.41, 5.74) is 0.736. The number of hydrogen-bond acceptors (Lipinski definition) is 8. The zero-order valence-electron chi connectivity index (χ0n) is 23.3. The Morgan fingerprint density at radius 1 is 0.935 bits per heavy atom. The first kappa shape index (κ1) is 37.8. The van der Waals surface area contributed by atoms with E-state index in [9.17, 15) is 53.8 Å². The van der Waals surface area contributed by atoms with Crippen LogP contribution in [0.5, 0.6) is 17.2 Å². The van der Waals surface area contributed by atoms with Crippen LogP contribution in [0.4, 0.5) is 40.8 Å². The molecule has 0 spiro atoms. The number of carbonyl (C=O) groups is 1. The summed E-state index contributed by atoms with van der Waals surface area (Å²) in [6.07, 6.45) is -10.4. The molecule has 3 rings (SSSR count). The third kappa shape index (κ3) is 13.3. The molecule has 0 saturated heterocycles. The third-order valence-electron chi connectivity index (χ3n) is 5.63. The second-order valence-electron chi connectivity index (χ2n) is 9.24. The number of aromatic hydroxyl groups is 1. The predicted octanol–water partition coefficient (Wildman–Crippen LogP) is 5.50. The summed E-state index contributed by atoms with van der Waals surface area (Å²) in [5.74, 6) is -3.67. The molecule has 0 aliphatic rings. The normalized spacial score (nSPS) is 13.3. The minimum Gasteiger partial charge on any atom is -0.506 e. The van der Waals surface area contributed by atoms with Gasteiger partial charge in [0.2, 0.25) is 10.0 Å². The van der Waals surface area contributed by atoms with Crippen molar-refractivity contribution < 1.29 is 73.1 Å². The maximum absolute atomic E-state index is 12.9. The van der Waals surface area contributed by atoms with Gasteiger partial charge in [0.25, 0.3) is 0 Å². The number of halogens is 8. The third-order valence-corrected chi connectivity index (χ3v) is 6.22. The van der Waals surface area contributed by atoms with E-state index < -0.39 is 53.0 Å². The Balaban J connectivity index is 0.000000942. The summed E-state index contributed by atoms with van der Waals surface area (Å²) < 4.78 is 129. The van der Waals surface area contributed by atoms with Crippen molar-refractivity contribution in [3.05, 3.63) is 83.4 Å². The number of phenolic OH excluding ortho intramolecular Hbond substituents is 1. The van der Waals surface area contributed by atoms with Crippen LogP contribution >= 0.6 is 0 Å². The van der Waals surface area contributed by atoms with Gasteiger partial charge in [0, 0.05) is 12.6 Å². The van der Waals surface area contributed by atoms with Crippen molar-refractivity contribution in [3.8, 4) is 17.2 Å². The van der Waals surface area contributed by atoms with Gasteiger partial charge in [-0.05, 0) is 53.4 Å². The Bertz CT molecular complexity index is 1550. The highest BCUT2D eigenvalue weighted by atomic mass is 32.2. The number of anilines is 1. The van der Waals surface area contributed by atoms with Crippen LogP contribution in [0, 0.1) is 0 Å². The van der Waals surface area contributed by atoms with E-state index >= 15 is 0 Å². The standard InChI is InChI=1S/C25H25F5N2O6S.C2HF3O2/c1-39(35,36)32-20-12-16(8-11-21(20)33)22(34)14-31-19(15-6-9-18(10-7-15)37-24(26)27)13-17-4-2-3-5-23(17)38-25(28,29)30;3-2(4,5)1(6)7/h2-12,19,22,24,31-34H,13-14H2,1H3;(H,6,7)/t19?,22-;/m0./s1. The fourth-order valence-electron chi connectivity index (χ4n) is 3.72. The lowest BCUT2D eigenvalue weighted by atomic mass is 9.97. The minimum absolute atomic E-state index is 0.0511. The van der Waals surface area contributed by atoms with Gasteiger partial charge >= 0.3 is 25.1 Å². The zero-order valence-corrected chi connectivity index (χ0v) is 24.1. The summed E-state index contributed by atoms with van der Waals surface area (Å²) in [5, 5.41) is 30.8. The largest absolute Gasteiger partial charge is 0.573 e. The van der Waals surface area contributed by atoms with E-state index in [2.05, 4.69) is 19.5 Å². The number of sulfonamides is 1. The van der Waals surface area contributed by atoms with Gasteiger partial charge in [0.1, 0.15) is 17.2 Å². The van der Waals surface area contributed by atoms with Gasteiger partial charge in [-0.1, -0.05) is 36.4 Å². The second kappa shape index (κ2) is 15.8. The molecule has 0 fully saturated rings. The van der Waals surface area contributed by atoms with Crippen LogP contribution in [0.2, 0.25) is 0 Å². The SMILES string of the molecule is CS(=O)(=O)Nc1cc([C@@H](O)CNC(Cc2ccccc2OC(F)(F)F)c2ccc(OC(F)F)cc2)ccc1O.O=C(O)C(F)(F)F. The van der Waals surface area contributed by atoms with Crippen LogP contribution in [0.1, 0.15) is 28.8 Å². The first-order valence-electron chi connectivity index (χ1n) is 12.6. The van der Waals surface area contributed by atoms with E-state index in [4.69, 9.17) is 9.90 Å². The van der Waals surface area contributed by atoms with Gasteiger partial charge in [0.15, 0.2) is 0 Å². The van der Waals surface area contributed by atoms with Crippen molar-refractivity contribution >= 4 is 21.7 Å². The second-order valence-corrected chi connectivity index (χ2v) is 11.0. The van der Waals surface area contributed by atoms with Crippen LogP contribution < -0.4 is 19.5 Å². The van der Waals surface area contributed by atoms with E-state index in [0.717, 1.165) is 12.3 Å². The molecule has 1 unspecified atom stereocenters. The van der Waals surface area contributed by atoms with Crippen molar-refractivity contribution in [2.75, 3.05) is 17.5 Å². The average Bonchev–Trinajstić information content (AvgIpc) is 2.91. The van der Waals surface area contributed by atoms with E-state index in [0.29, 0.717) is 5.56 Å². The molecule has 10 nitrogen and oxygen atoms in total. The fraction of sp³-hybridized carbons (Fsp3) is 0.296. The first-order chi connectivity index (χ1) is 21.1. The van der Waals surface area contributed by atoms with Gasteiger partial charge in [-0.2, -0.15) is 22.0 Å². The van der Waals surface area contributed by atoms with Crippen LogP contribution in [0.25, 0.3) is 0 Å². The van der Waals surface area contributed by atoms with Crippen LogP contribution in [0.3, 0.4) is 0 Å². The summed E-state index contributed by atoms with van der Waals surface area (Å²) in [4.78, 5) is 8.90. The van der Waals surface area contributed by atoms with Crippen molar-refractivity contribution in [1.29, 1.82) is 0 Å². The molecule has 0 amide bonds. The molecule has 2 atom stereocenters. The Hall–Kier alpha value is -4.36. The van der Waals surface area contributed by atoms with Crippen LogP contribution in [0.15, 0.2) is 66.7 Å². The molecule has 0 aliphatic carbocycles. The number of aliphatic hydroxyl groups excluding tert-OH is 1. The van der Waals surface area contributed by atoms with Crippen molar-refractivity contribution in [2.45, 2.75) is 37.7 Å². The molecule has 5 N–H and O–H groups in total. The molecular weight excluding hydrogens is 664 g/mol. The Labute approximate surface area is 256 Å². The highest BCUT2D eigenvalue weighted by Crippen LogP contribution is 2.32. The lowest BCUT2D eigenvalue weighted by Gasteiger charge is -2.23.